The largest absolute Gasteiger partial charge is 0.375 e. The van der Waals surface area contributed by atoms with Crippen molar-refractivity contribution in [3.8, 4) is 0 Å². The molecule has 0 aliphatic carbocycles. The van der Waals surface area contributed by atoms with Crippen LogP contribution in [0.4, 0.5) is 5.69 Å². The van der Waals surface area contributed by atoms with E-state index in [0.29, 0.717) is 31.1 Å². The third-order valence-electron chi connectivity index (χ3n) is 3.76. The Morgan fingerprint density at radius 3 is 2.71 bits per heavy atom. The van der Waals surface area contributed by atoms with Crippen molar-refractivity contribution in [1.82, 2.24) is 15.5 Å². The van der Waals surface area contributed by atoms with Gasteiger partial charge < -0.3 is 14.7 Å². The molecular formula is C18H26N4O2. The standard InChI is InChI=1S/C18H26N4O2/c1-14(2)18-20-17(24-21-18)11-10-16(23)19-12-7-13-22(3)15-8-5-4-6-9-15/h4-6,8-9,14H,7,10-13H2,1-3H3,(H,19,23). The van der Waals surface area contributed by atoms with Crippen LogP contribution in [0.15, 0.2) is 34.9 Å². The molecule has 0 saturated carbocycles. The molecule has 0 radical (unpaired) electrons. The Balaban J connectivity index is 1.61. The highest BCUT2D eigenvalue weighted by Crippen LogP contribution is 2.11. The smallest absolute Gasteiger partial charge is 0.227 e. The average molecular weight is 330 g/mol. The van der Waals surface area contributed by atoms with Crippen LogP contribution in [0, 0.1) is 0 Å². The first kappa shape index (κ1) is 18.0. The number of anilines is 1. The molecule has 2 aromatic rings. The maximum Gasteiger partial charge on any atom is 0.227 e. The number of amides is 1. The Morgan fingerprint density at radius 2 is 2.04 bits per heavy atom. The van der Waals surface area contributed by atoms with E-state index in [1.54, 1.807) is 0 Å². The molecule has 6 nitrogen and oxygen atoms in total. The van der Waals surface area contributed by atoms with Crippen LogP contribution in [0.3, 0.4) is 0 Å². The minimum absolute atomic E-state index is 0.0154. The third-order valence-corrected chi connectivity index (χ3v) is 3.76. The van der Waals surface area contributed by atoms with Crippen LogP contribution in [0.5, 0.6) is 0 Å². The molecule has 1 N–H and O–H groups in total. The molecule has 0 aliphatic heterocycles. The number of aromatic nitrogens is 2. The van der Waals surface area contributed by atoms with E-state index >= 15 is 0 Å². The van der Waals surface area contributed by atoms with Gasteiger partial charge in [-0.1, -0.05) is 37.2 Å². The average Bonchev–Trinajstić information content (AvgIpc) is 3.07. The van der Waals surface area contributed by atoms with Gasteiger partial charge in [-0.25, -0.2) is 0 Å². The van der Waals surface area contributed by atoms with Gasteiger partial charge in [0.15, 0.2) is 5.82 Å². The number of hydrogen-bond donors (Lipinski definition) is 1. The van der Waals surface area contributed by atoms with Crippen LogP contribution in [-0.2, 0) is 11.2 Å². The molecule has 1 amide bonds. The van der Waals surface area contributed by atoms with Gasteiger partial charge in [-0.15, -0.1) is 0 Å². The number of carbonyl (C=O) groups excluding carboxylic acids is 1. The van der Waals surface area contributed by atoms with Gasteiger partial charge in [-0.2, -0.15) is 4.98 Å². The summed E-state index contributed by atoms with van der Waals surface area (Å²) in [6, 6.07) is 10.2. The van der Waals surface area contributed by atoms with E-state index in [1.165, 1.54) is 5.69 Å². The van der Waals surface area contributed by atoms with Crippen LogP contribution in [0.1, 0.15) is 44.3 Å². The van der Waals surface area contributed by atoms with Gasteiger partial charge in [0.2, 0.25) is 11.8 Å². The van der Waals surface area contributed by atoms with Crippen molar-refractivity contribution in [2.75, 3.05) is 25.0 Å². The highest BCUT2D eigenvalue weighted by atomic mass is 16.5. The molecule has 0 aliphatic rings. The van der Waals surface area contributed by atoms with Crippen LogP contribution in [-0.4, -0.2) is 36.2 Å². The summed E-state index contributed by atoms with van der Waals surface area (Å²) in [6.45, 7) is 5.57. The monoisotopic (exact) mass is 330 g/mol. The molecule has 130 valence electrons. The maximum absolute atomic E-state index is 11.9. The first-order valence-corrected chi connectivity index (χ1v) is 8.41. The molecular weight excluding hydrogens is 304 g/mol. The molecule has 24 heavy (non-hydrogen) atoms. The van der Waals surface area contributed by atoms with Gasteiger partial charge in [-0.05, 0) is 18.6 Å². The van der Waals surface area contributed by atoms with Crippen molar-refractivity contribution in [3.05, 3.63) is 42.0 Å². The lowest BCUT2D eigenvalue weighted by Gasteiger charge is -2.19. The highest BCUT2D eigenvalue weighted by Gasteiger charge is 2.11. The molecule has 0 bridgehead atoms. The van der Waals surface area contributed by atoms with E-state index in [4.69, 9.17) is 4.52 Å². The number of nitrogens with zero attached hydrogens (tertiary/aromatic N) is 3. The van der Waals surface area contributed by atoms with Crippen molar-refractivity contribution in [2.45, 2.75) is 39.0 Å². The Morgan fingerprint density at radius 1 is 1.29 bits per heavy atom. The lowest BCUT2D eigenvalue weighted by molar-refractivity contribution is -0.121. The summed E-state index contributed by atoms with van der Waals surface area (Å²) in [5, 5.41) is 6.83. The zero-order chi connectivity index (χ0) is 17.4. The van der Waals surface area contributed by atoms with Gasteiger partial charge in [0.05, 0.1) is 0 Å². The topological polar surface area (TPSA) is 71.3 Å². The lowest BCUT2D eigenvalue weighted by atomic mass is 10.2. The molecule has 0 atom stereocenters. The van der Waals surface area contributed by atoms with Crippen molar-refractivity contribution in [2.24, 2.45) is 0 Å². The van der Waals surface area contributed by atoms with E-state index in [9.17, 15) is 4.79 Å². The quantitative estimate of drug-likeness (QED) is 0.716. The predicted molar refractivity (Wildman–Crippen MR) is 94.0 cm³/mol. The number of hydrogen-bond acceptors (Lipinski definition) is 5. The Labute approximate surface area is 143 Å². The summed E-state index contributed by atoms with van der Waals surface area (Å²) in [5.74, 6) is 1.46. The molecule has 1 heterocycles. The van der Waals surface area contributed by atoms with Crippen molar-refractivity contribution in [3.63, 3.8) is 0 Å². The van der Waals surface area contributed by atoms with Gasteiger partial charge in [0.25, 0.3) is 0 Å². The molecule has 0 spiro atoms. The van der Waals surface area contributed by atoms with E-state index < -0.39 is 0 Å². The molecule has 0 saturated heterocycles. The van der Waals surface area contributed by atoms with Crippen molar-refractivity contribution < 1.29 is 9.32 Å². The zero-order valence-corrected chi connectivity index (χ0v) is 14.7. The normalized spacial score (nSPS) is 10.8. The van der Waals surface area contributed by atoms with Crippen molar-refractivity contribution in [1.29, 1.82) is 0 Å². The fourth-order valence-electron chi connectivity index (χ4n) is 2.27. The minimum Gasteiger partial charge on any atom is -0.375 e. The van der Waals surface area contributed by atoms with Gasteiger partial charge >= 0.3 is 0 Å². The molecule has 2 rings (SSSR count). The number of carbonyl (C=O) groups is 1. The van der Waals surface area contributed by atoms with Crippen LogP contribution in [0.25, 0.3) is 0 Å². The van der Waals surface area contributed by atoms with Gasteiger partial charge in [0.1, 0.15) is 0 Å². The number of nitrogens with one attached hydrogen (secondary N) is 1. The van der Waals surface area contributed by atoms with E-state index in [2.05, 4.69) is 39.5 Å². The second-order valence-electron chi connectivity index (χ2n) is 6.16. The second-order valence-corrected chi connectivity index (χ2v) is 6.16. The number of aryl methyl sites for hydroxylation is 1. The van der Waals surface area contributed by atoms with Crippen LogP contribution < -0.4 is 10.2 Å². The summed E-state index contributed by atoms with van der Waals surface area (Å²) >= 11 is 0. The van der Waals surface area contributed by atoms with Gasteiger partial charge in [-0.3, -0.25) is 4.79 Å². The van der Waals surface area contributed by atoms with E-state index in [-0.39, 0.29) is 11.8 Å². The third kappa shape index (κ3) is 5.68. The van der Waals surface area contributed by atoms with Crippen molar-refractivity contribution >= 4 is 11.6 Å². The summed E-state index contributed by atoms with van der Waals surface area (Å²) in [6.07, 6.45) is 1.75. The Kier molecular flexibility index (Phi) is 6.78. The second kappa shape index (κ2) is 9.05. The van der Waals surface area contributed by atoms with Crippen LogP contribution in [0.2, 0.25) is 0 Å². The molecule has 0 fully saturated rings. The summed E-state index contributed by atoms with van der Waals surface area (Å²) < 4.78 is 5.13. The van der Waals surface area contributed by atoms with E-state index in [1.807, 2.05) is 32.0 Å². The molecule has 6 heteroatoms. The fourth-order valence-corrected chi connectivity index (χ4v) is 2.27. The minimum atomic E-state index is 0.0154. The zero-order valence-electron chi connectivity index (χ0n) is 14.7. The summed E-state index contributed by atoms with van der Waals surface area (Å²) in [7, 11) is 2.05. The molecule has 0 unspecified atom stereocenters. The van der Waals surface area contributed by atoms with Gasteiger partial charge in [0, 0.05) is 44.6 Å². The molecule has 1 aromatic carbocycles. The SMILES string of the molecule is CC(C)c1noc(CCC(=O)NCCCN(C)c2ccccc2)n1. The number of para-hydroxylation sites is 1. The first-order chi connectivity index (χ1) is 11.6. The Bertz CT molecular complexity index is 625. The van der Waals surface area contributed by atoms with Crippen LogP contribution >= 0.6 is 0 Å². The highest BCUT2D eigenvalue weighted by molar-refractivity contribution is 5.75. The first-order valence-electron chi connectivity index (χ1n) is 8.41. The summed E-state index contributed by atoms with van der Waals surface area (Å²) in [5.41, 5.74) is 1.18. The molecule has 1 aromatic heterocycles. The predicted octanol–water partition coefficient (Wildman–Crippen LogP) is 2.77. The number of benzene rings is 1. The fraction of sp³-hybridized carbons (Fsp3) is 0.500. The Hall–Kier alpha value is -2.37. The number of rotatable bonds is 9. The summed E-state index contributed by atoms with van der Waals surface area (Å²) in [4.78, 5) is 18.3. The lowest BCUT2D eigenvalue weighted by Crippen LogP contribution is -2.28. The van der Waals surface area contributed by atoms with E-state index in [0.717, 1.165) is 13.0 Å². The maximum atomic E-state index is 11.9.